The highest BCUT2D eigenvalue weighted by atomic mass is 16.5. The van der Waals surface area contributed by atoms with Gasteiger partial charge in [0, 0.05) is 0 Å². The predicted octanol–water partition coefficient (Wildman–Crippen LogP) is 3.71. The standard InChI is InChI=1S/C13H18O/c1-11(12-7-3-2-4-8-12)14-13-9-5-6-10-13/h2-4,7-8,11,13H,5-6,9-10H2,1H3. The molecule has 14 heavy (non-hydrogen) atoms. The minimum absolute atomic E-state index is 0.249. The second-order valence-electron chi connectivity index (χ2n) is 4.10. The Morgan fingerprint density at radius 3 is 2.43 bits per heavy atom. The van der Waals surface area contributed by atoms with Crippen molar-refractivity contribution in [3.8, 4) is 0 Å². The molecule has 0 aliphatic heterocycles. The molecule has 1 unspecified atom stereocenters. The molecule has 0 bridgehead atoms. The van der Waals surface area contributed by atoms with Crippen molar-refractivity contribution in [2.24, 2.45) is 0 Å². The summed E-state index contributed by atoms with van der Waals surface area (Å²) in [6, 6.07) is 10.5. The van der Waals surface area contributed by atoms with Gasteiger partial charge in [0.25, 0.3) is 0 Å². The maximum Gasteiger partial charge on any atom is 0.0800 e. The van der Waals surface area contributed by atoms with Crippen molar-refractivity contribution in [3.63, 3.8) is 0 Å². The molecule has 2 rings (SSSR count). The highest BCUT2D eigenvalue weighted by molar-refractivity contribution is 5.16. The average Bonchev–Trinajstić information content (AvgIpc) is 2.72. The van der Waals surface area contributed by atoms with E-state index in [1.807, 2.05) is 6.07 Å². The van der Waals surface area contributed by atoms with E-state index in [2.05, 4.69) is 31.2 Å². The number of hydrogen-bond acceptors (Lipinski definition) is 1. The Labute approximate surface area is 86.1 Å². The Kier molecular flexibility index (Phi) is 3.20. The summed E-state index contributed by atoms with van der Waals surface area (Å²) < 4.78 is 6.00. The van der Waals surface area contributed by atoms with Gasteiger partial charge in [-0.25, -0.2) is 0 Å². The topological polar surface area (TPSA) is 9.23 Å². The third-order valence-electron chi connectivity index (χ3n) is 2.97. The molecule has 1 aliphatic carbocycles. The first-order chi connectivity index (χ1) is 6.86. The van der Waals surface area contributed by atoms with Gasteiger partial charge in [0.05, 0.1) is 12.2 Å². The predicted molar refractivity (Wildman–Crippen MR) is 58.2 cm³/mol. The molecule has 0 N–H and O–H groups in total. The fraction of sp³-hybridized carbons (Fsp3) is 0.538. The maximum atomic E-state index is 6.00. The lowest BCUT2D eigenvalue weighted by molar-refractivity contribution is 0.00102. The van der Waals surface area contributed by atoms with Gasteiger partial charge >= 0.3 is 0 Å². The van der Waals surface area contributed by atoms with Gasteiger partial charge in [0.2, 0.25) is 0 Å². The molecule has 0 heterocycles. The van der Waals surface area contributed by atoms with Gasteiger partial charge in [-0.3, -0.25) is 0 Å². The first kappa shape index (κ1) is 9.72. The first-order valence-electron chi connectivity index (χ1n) is 5.56. The van der Waals surface area contributed by atoms with Crippen LogP contribution in [0.1, 0.15) is 44.3 Å². The molecule has 1 heteroatoms. The van der Waals surface area contributed by atoms with Crippen LogP contribution in [0.25, 0.3) is 0 Å². The first-order valence-corrected chi connectivity index (χ1v) is 5.56. The van der Waals surface area contributed by atoms with E-state index in [0.717, 1.165) is 0 Å². The van der Waals surface area contributed by atoms with E-state index in [9.17, 15) is 0 Å². The van der Waals surface area contributed by atoms with Gasteiger partial charge in [0.1, 0.15) is 0 Å². The minimum atomic E-state index is 0.249. The van der Waals surface area contributed by atoms with Crippen molar-refractivity contribution in [1.29, 1.82) is 0 Å². The molecule has 1 atom stereocenters. The van der Waals surface area contributed by atoms with Crippen molar-refractivity contribution >= 4 is 0 Å². The van der Waals surface area contributed by atoms with Crippen LogP contribution in [0, 0.1) is 0 Å². The number of rotatable bonds is 3. The van der Waals surface area contributed by atoms with Crippen molar-refractivity contribution in [2.75, 3.05) is 0 Å². The van der Waals surface area contributed by atoms with Gasteiger partial charge in [-0.2, -0.15) is 0 Å². The molecular formula is C13H18O. The normalized spacial score (nSPS) is 19.8. The van der Waals surface area contributed by atoms with E-state index in [-0.39, 0.29) is 6.10 Å². The summed E-state index contributed by atoms with van der Waals surface area (Å²) >= 11 is 0. The van der Waals surface area contributed by atoms with E-state index >= 15 is 0 Å². The summed E-state index contributed by atoms with van der Waals surface area (Å²) in [5.41, 5.74) is 1.29. The number of benzene rings is 1. The minimum Gasteiger partial charge on any atom is -0.371 e. The Morgan fingerprint density at radius 1 is 1.14 bits per heavy atom. The van der Waals surface area contributed by atoms with E-state index < -0.39 is 0 Å². The van der Waals surface area contributed by atoms with Crippen LogP contribution in [-0.4, -0.2) is 6.10 Å². The van der Waals surface area contributed by atoms with E-state index in [4.69, 9.17) is 4.74 Å². The van der Waals surface area contributed by atoms with Crippen molar-refractivity contribution in [1.82, 2.24) is 0 Å². The molecule has 0 radical (unpaired) electrons. The van der Waals surface area contributed by atoms with Crippen LogP contribution >= 0.6 is 0 Å². The van der Waals surface area contributed by atoms with Crippen LogP contribution in [0.4, 0.5) is 0 Å². The van der Waals surface area contributed by atoms with Crippen LogP contribution in [0.15, 0.2) is 30.3 Å². The lowest BCUT2D eigenvalue weighted by atomic mass is 10.1. The molecule has 76 valence electrons. The average molecular weight is 190 g/mol. The number of ether oxygens (including phenoxy) is 1. The molecule has 0 spiro atoms. The fourth-order valence-corrected chi connectivity index (χ4v) is 2.12. The Balaban J connectivity index is 1.92. The number of hydrogen-bond donors (Lipinski definition) is 0. The highest BCUT2D eigenvalue weighted by Crippen LogP contribution is 2.27. The van der Waals surface area contributed by atoms with Crippen molar-refractivity contribution < 1.29 is 4.74 Å². The summed E-state index contributed by atoms with van der Waals surface area (Å²) in [7, 11) is 0. The highest BCUT2D eigenvalue weighted by Gasteiger charge is 2.18. The van der Waals surface area contributed by atoms with Crippen molar-refractivity contribution in [3.05, 3.63) is 35.9 Å². The van der Waals surface area contributed by atoms with E-state index in [0.29, 0.717) is 6.10 Å². The molecule has 1 saturated carbocycles. The molecule has 0 aromatic heterocycles. The SMILES string of the molecule is CC(OC1CCCC1)c1ccccc1. The third kappa shape index (κ3) is 2.36. The largest absolute Gasteiger partial charge is 0.371 e. The molecule has 1 nitrogen and oxygen atoms in total. The Morgan fingerprint density at radius 2 is 1.79 bits per heavy atom. The third-order valence-corrected chi connectivity index (χ3v) is 2.97. The second kappa shape index (κ2) is 4.61. The fourth-order valence-electron chi connectivity index (χ4n) is 2.12. The van der Waals surface area contributed by atoms with Crippen LogP contribution in [0.2, 0.25) is 0 Å². The zero-order valence-electron chi connectivity index (χ0n) is 8.78. The molecule has 0 amide bonds. The molecule has 1 aromatic rings. The molecule has 1 aromatic carbocycles. The van der Waals surface area contributed by atoms with Crippen LogP contribution in [0.3, 0.4) is 0 Å². The summed E-state index contributed by atoms with van der Waals surface area (Å²) in [5.74, 6) is 0. The van der Waals surface area contributed by atoms with Gasteiger partial charge in [-0.15, -0.1) is 0 Å². The van der Waals surface area contributed by atoms with E-state index in [1.165, 1.54) is 31.2 Å². The second-order valence-corrected chi connectivity index (χ2v) is 4.10. The Bertz CT molecular complexity index is 262. The summed E-state index contributed by atoms with van der Waals surface area (Å²) in [6.07, 6.45) is 5.93. The van der Waals surface area contributed by atoms with Gasteiger partial charge < -0.3 is 4.74 Å². The summed E-state index contributed by atoms with van der Waals surface area (Å²) in [4.78, 5) is 0. The van der Waals surface area contributed by atoms with Crippen LogP contribution < -0.4 is 0 Å². The summed E-state index contributed by atoms with van der Waals surface area (Å²) in [5, 5.41) is 0. The molecular weight excluding hydrogens is 172 g/mol. The lowest BCUT2D eigenvalue weighted by Gasteiger charge is -2.18. The lowest BCUT2D eigenvalue weighted by Crippen LogP contribution is -2.10. The van der Waals surface area contributed by atoms with Crippen LogP contribution in [0.5, 0.6) is 0 Å². The Hall–Kier alpha value is -0.820. The van der Waals surface area contributed by atoms with Gasteiger partial charge in [0.15, 0.2) is 0 Å². The molecule has 1 aliphatic rings. The maximum absolute atomic E-state index is 6.00. The van der Waals surface area contributed by atoms with Gasteiger partial charge in [-0.05, 0) is 25.3 Å². The summed E-state index contributed by atoms with van der Waals surface area (Å²) in [6.45, 7) is 2.15. The smallest absolute Gasteiger partial charge is 0.0800 e. The zero-order chi connectivity index (χ0) is 9.80. The monoisotopic (exact) mass is 190 g/mol. The zero-order valence-corrected chi connectivity index (χ0v) is 8.78. The quantitative estimate of drug-likeness (QED) is 0.706. The van der Waals surface area contributed by atoms with Gasteiger partial charge in [-0.1, -0.05) is 43.2 Å². The molecule has 0 saturated heterocycles. The van der Waals surface area contributed by atoms with Crippen LogP contribution in [-0.2, 0) is 4.74 Å². The van der Waals surface area contributed by atoms with E-state index in [1.54, 1.807) is 0 Å². The van der Waals surface area contributed by atoms with Crippen molar-refractivity contribution in [2.45, 2.75) is 44.8 Å². The molecule has 1 fully saturated rings.